The highest BCUT2D eigenvalue weighted by molar-refractivity contribution is 5.49. The SMILES string of the molecule is COc1ccc([C@H](N)CCN)cc1[N+](=O)[O-]. The molecule has 1 aromatic rings. The van der Waals surface area contributed by atoms with Crippen LogP contribution >= 0.6 is 0 Å². The van der Waals surface area contributed by atoms with Crippen molar-refractivity contribution >= 4 is 5.69 Å². The van der Waals surface area contributed by atoms with Crippen molar-refractivity contribution in [2.24, 2.45) is 11.5 Å². The van der Waals surface area contributed by atoms with Gasteiger partial charge in [0.15, 0.2) is 5.75 Å². The highest BCUT2D eigenvalue weighted by Gasteiger charge is 2.17. The van der Waals surface area contributed by atoms with Gasteiger partial charge in [-0.1, -0.05) is 6.07 Å². The molecule has 1 rings (SSSR count). The Bertz CT molecular complexity index is 382. The number of nitro groups is 1. The molecular weight excluding hydrogens is 210 g/mol. The summed E-state index contributed by atoms with van der Waals surface area (Å²) in [4.78, 5) is 10.3. The molecule has 0 bridgehead atoms. The van der Waals surface area contributed by atoms with Crippen molar-refractivity contribution in [3.63, 3.8) is 0 Å². The third-order valence-corrected chi connectivity index (χ3v) is 2.31. The zero-order valence-corrected chi connectivity index (χ0v) is 9.05. The second-order valence-electron chi connectivity index (χ2n) is 3.37. The van der Waals surface area contributed by atoms with E-state index in [-0.39, 0.29) is 17.5 Å². The molecule has 6 heteroatoms. The van der Waals surface area contributed by atoms with Crippen LogP contribution < -0.4 is 16.2 Å². The Hall–Kier alpha value is -1.66. The van der Waals surface area contributed by atoms with E-state index in [1.54, 1.807) is 12.1 Å². The number of hydrogen-bond acceptors (Lipinski definition) is 5. The molecule has 0 spiro atoms. The van der Waals surface area contributed by atoms with E-state index < -0.39 is 4.92 Å². The third-order valence-electron chi connectivity index (χ3n) is 2.31. The summed E-state index contributed by atoms with van der Waals surface area (Å²) >= 11 is 0. The first-order valence-corrected chi connectivity index (χ1v) is 4.88. The van der Waals surface area contributed by atoms with Crippen LogP contribution in [0.1, 0.15) is 18.0 Å². The number of nitrogens with two attached hydrogens (primary N) is 2. The number of nitro benzene ring substituents is 1. The Morgan fingerprint density at radius 2 is 2.25 bits per heavy atom. The first kappa shape index (κ1) is 12.4. The van der Waals surface area contributed by atoms with Gasteiger partial charge in [0.1, 0.15) is 0 Å². The Balaban J connectivity index is 3.06. The van der Waals surface area contributed by atoms with Gasteiger partial charge in [-0.25, -0.2) is 0 Å². The van der Waals surface area contributed by atoms with Gasteiger partial charge in [-0.15, -0.1) is 0 Å². The van der Waals surface area contributed by atoms with E-state index in [1.807, 2.05) is 0 Å². The van der Waals surface area contributed by atoms with E-state index >= 15 is 0 Å². The van der Waals surface area contributed by atoms with Crippen molar-refractivity contribution in [1.82, 2.24) is 0 Å². The van der Waals surface area contributed by atoms with E-state index in [0.29, 0.717) is 18.5 Å². The van der Waals surface area contributed by atoms with Gasteiger partial charge in [0.25, 0.3) is 0 Å². The minimum Gasteiger partial charge on any atom is -0.490 e. The van der Waals surface area contributed by atoms with Crippen molar-refractivity contribution < 1.29 is 9.66 Å². The predicted molar refractivity (Wildman–Crippen MR) is 60.2 cm³/mol. The smallest absolute Gasteiger partial charge is 0.311 e. The molecule has 6 nitrogen and oxygen atoms in total. The van der Waals surface area contributed by atoms with Gasteiger partial charge in [-0.3, -0.25) is 10.1 Å². The molecule has 0 saturated heterocycles. The lowest BCUT2D eigenvalue weighted by molar-refractivity contribution is -0.385. The Morgan fingerprint density at radius 3 is 2.75 bits per heavy atom. The fourth-order valence-electron chi connectivity index (χ4n) is 1.43. The van der Waals surface area contributed by atoms with Crippen LogP contribution in [-0.4, -0.2) is 18.6 Å². The highest BCUT2D eigenvalue weighted by Crippen LogP contribution is 2.29. The lowest BCUT2D eigenvalue weighted by Gasteiger charge is -2.11. The first-order valence-electron chi connectivity index (χ1n) is 4.88. The average Bonchev–Trinajstić information content (AvgIpc) is 2.28. The van der Waals surface area contributed by atoms with Crippen LogP contribution in [0.2, 0.25) is 0 Å². The molecule has 0 unspecified atom stereocenters. The van der Waals surface area contributed by atoms with Gasteiger partial charge >= 0.3 is 5.69 Å². The van der Waals surface area contributed by atoms with E-state index in [2.05, 4.69) is 0 Å². The molecule has 0 amide bonds. The van der Waals surface area contributed by atoms with Crippen LogP contribution in [0.25, 0.3) is 0 Å². The van der Waals surface area contributed by atoms with E-state index in [1.165, 1.54) is 13.2 Å². The fraction of sp³-hybridized carbons (Fsp3) is 0.400. The molecule has 1 aromatic carbocycles. The van der Waals surface area contributed by atoms with Crippen molar-refractivity contribution in [3.8, 4) is 5.75 Å². The molecule has 1 atom stereocenters. The van der Waals surface area contributed by atoms with Crippen LogP contribution in [0.15, 0.2) is 18.2 Å². The molecule has 88 valence electrons. The summed E-state index contributed by atoms with van der Waals surface area (Å²) in [5.41, 5.74) is 11.8. The molecule has 0 fully saturated rings. The maximum atomic E-state index is 10.8. The molecule has 0 aliphatic rings. The van der Waals surface area contributed by atoms with Crippen LogP contribution in [0, 0.1) is 10.1 Å². The normalized spacial score (nSPS) is 12.2. The lowest BCUT2D eigenvalue weighted by atomic mass is 10.0. The topological polar surface area (TPSA) is 104 Å². The van der Waals surface area contributed by atoms with Crippen molar-refractivity contribution in [1.29, 1.82) is 0 Å². The Labute approximate surface area is 93.3 Å². The maximum Gasteiger partial charge on any atom is 0.311 e. The van der Waals surface area contributed by atoms with Crippen LogP contribution in [0.3, 0.4) is 0 Å². The number of hydrogen-bond donors (Lipinski definition) is 2. The van der Waals surface area contributed by atoms with Crippen LogP contribution in [0.4, 0.5) is 5.69 Å². The second kappa shape index (κ2) is 5.43. The van der Waals surface area contributed by atoms with Gasteiger partial charge < -0.3 is 16.2 Å². The molecule has 0 heterocycles. The minimum absolute atomic E-state index is 0.0764. The Kier molecular flexibility index (Phi) is 4.21. The Morgan fingerprint density at radius 1 is 1.56 bits per heavy atom. The highest BCUT2D eigenvalue weighted by atomic mass is 16.6. The van der Waals surface area contributed by atoms with Crippen LogP contribution in [0.5, 0.6) is 5.75 Å². The monoisotopic (exact) mass is 225 g/mol. The fourth-order valence-corrected chi connectivity index (χ4v) is 1.43. The van der Waals surface area contributed by atoms with Crippen molar-refractivity contribution in [2.45, 2.75) is 12.5 Å². The average molecular weight is 225 g/mol. The molecule has 0 aromatic heterocycles. The second-order valence-corrected chi connectivity index (χ2v) is 3.37. The predicted octanol–water partition coefficient (Wildman–Crippen LogP) is 0.952. The summed E-state index contributed by atoms with van der Waals surface area (Å²) < 4.78 is 4.89. The summed E-state index contributed by atoms with van der Waals surface area (Å²) in [6, 6.07) is 4.41. The van der Waals surface area contributed by atoms with Gasteiger partial charge in [-0.2, -0.15) is 0 Å². The number of ether oxygens (including phenoxy) is 1. The number of methoxy groups -OCH3 is 1. The summed E-state index contributed by atoms with van der Waals surface area (Å²) in [6.45, 7) is 0.445. The zero-order chi connectivity index (χ0) is 12.1. The maximum absolute atomic E-state index is 10.8. The largest absolute Gasteiger partial charge is 0.490 e. The molecule has 0 saturated carbocycles. The molecule has 0 radical (unpaired) electrons. The van der Waals surface area contributed by atoms with Gasteiger partial charge in [0.2, 0.25) is 0 Å². The molecule has 16 heavy (non-hydrogen) atoms. The van der Waals surface area contributed by atoms with Crippen molar-refractivity contribution in [3.05, 3.63) is 33.9 Å². The summed E-state index contributed by atoms with van der Waals surface area (Å²) in [6.07, 6.45) is 0.587. The quantitative estimate of drug-likeness (QED) is 0.573. The standard InChI is InChI=1S/C10H15N3O3/c1-16-10-3-2-7(8(12)4-5-11)6-9(10)13(14)15/h2-3,6,8H,4-5,11-12H2,1H3/t8-/m1/s1. The van der Waals surface area contributed by atoms with Gasteiger partial charge in [-0.05, 0) is 24.6 Å². The number of nitrogens with zero attached hydrogens (tertiary/aromatic N) is 1. The number of rotatable bonds is 5. The number of benzene rings is 1. The van der Waals surface area contributed by atoms with E-state index in [9.17, 15) is 10.1 Å². The van der Waals surface area contributed by atoms with Crippen molar-refractivity contribution in [2.75, 3.05) is 13.7 Å². The molecular formula is C10H15N3O3. The molecule has 0 aliphatic heterocycles. The molecule has 0 aliphatic carbocycles. The summed E-state index contributed by atoms with van der Waals surface area (Å²) in [5, 5.41) is 10.8. The van der Waals surface area contributed by atoms with Gasteiger partial charge in [0.05, 0.1) is 12.0 Å². The minimum atomic E-state index is -0.489. The van der Waals surface area contributed by atoms with Crippen LogP contribution in [-0.2, 0) is 0 Å². The van der Waals surface area contributed by atoms with E-state index in [0.717, 1.165) is 0 Å². The zero-order valence-electron chi connectivity index (χ0n) is 9.05. The third kappa shape index (κ3) is 2.68. The lowest BCUT2D eigenvalue weighted by Crippen LogP contribution is -2.15. The molecule has 4 N–H and O–H groups in total. The summed E-state index contributed by atoms with van der Waals surface area (Å²) in [5.74, 6) is 0.230. The van der Waals surface area contributed by atoms with E-state index in [4.69, 9.17) is 16.2 Å². The van der Waals surface area contributed by atoms with Gasteiger partial charge in [0, 0.05) is 12.1 Å². The first-order chi connectivity index (χ1) is 7.60. The summed E-state index contributed by atoms with van der Waals surface area (Å²) in [7, 11) is 1.39.